The molecule has 1 aromatic heterocycles. The summed E-state index contributed by atoms with van der Waals surface area (Å²) >= 11 is 0. The van der Waals surface area contributed by atoms with Gasteiger partial charge in [-0.3, -0.25) is 9.80 Å². The summed E-state index contributed by atoms with van der Waals surface area (Å²) in [6, 6.07) is 14.1. The van der Waals surface area contributed by atoms with Crippen LogP contribution in [0, 0.1) is 11.3 Å². The number of rotatable bonds is 4. The van der Waals surface area contributed by atoms with Crippen LogP contribution in [-0.2, 0) is 13.1 Å². The maximum atomic E-state index is 8.88. The number of nitrogens with zero attached hydrogens (tertiary/aromatic N) is 4. The molecule has 5 nitrogen and oxygen atoms in total. The molecule has 1 fully saturated rings. The van der Waals surface area contributed by atoms with Crippen LogP contribution < -0.4 is 5.73 Å². The standard InChI is InChI=1S/C19H23N5/c20-13-16-2-4-17(5-3-16)14-23-8-1-9-24(11-10-23)15-18-6-7-22-19(21)12-18/h2-7,12H,1,8-11,14-15H2,(H2,21,22). The maximum absolute atomic E-state index is 8.88. The minimum Gasteiger partial charge on any atom is -0.384 e. The summed E-state index contributed by atoms with van der Waals surface area (Å²) in [5.41, 5.74) is 8.98. The molecule has 2 N–H and O–H groups in total. The summed E-state index contributed by atoms with van der Waals surface area (Å²) in [4.78, 5) is 9.02. The lowest BCUT2D eigenvalue weighted by molar-refractivity contribution is 0.247. The van der Waals surface area contributed by atoms with Crippen molar-refractivity contribution < 1.29 is 0 Å². The first-order valence-corrected chi connectivity index (χ1v) is 8.37. The number of hydrogen-bond donors (Lipinski definition) is 1. The van der Waals surface area contributed by atoms with Crippen LogP contribution in [0.15, 0.2) is 42.6 Å². The van der Waals surface area contributed by atoms with Gasteiger partial charge in [-0.05, 0) is 54.9 Å². The zero-order valence-electron chi connectivity index (χ0n) is 13.9. The lowest BCUT2D eigenvalue weighted by Crippen LogP contribution is -2.30. The predicted molar refractivity (Wildman–Crippen MR) is 95.0 cm³/mol. The molecule has 0 aliphatic carbocycles. The van der Waals surface area contributed by atoms with Crippen molar-refractivity contribution in [2.24, 2.45) is 0 Å². The largest absolute Gasteiger partial charge is 0.384 e. The summed E-state index contributed by atoms with van der Waals surface area (Å²) in [6.45, 7) is 6.19. The third-order valence-electron chi connectivity index (χ3n) is 4.42. The Labute approximate surface area is 143 Å². The van der Waals surface area contributed by atoms with E-state index < -0.39 is 0 Å². The van der Waals surface area contributed by atoms with E-state index in [4.69, 9.17) is 11.0 Å². The summed E-state index contributed by atoms with van der Waals surface area (Å²) in [5.74, 6) is 0.588. The molecule has 1 aromatic carbocycles. The Hall–Kier alpha value is -2.42. The molecule has 0 atom stereocenters. The molecule has 24 heavy (non-hydrogen) atoms. The van der Waals surface area contributed by atoms with Crippen molar-refractivity contribution in [3.8, 4) is 6.07 Å². The molecule has 124 valence electrons. The van der Waals surface area contributed by atoms with Crippen molar-refractivity contribution in [2.75, 3.05) is 31.9 Å². The Bertz CT molecular complexity index is 704. The first-order chi connectivity index (χ1) is 11.7. The Kier molecular flexibility index (Phi) is 5.42. The fourth-order valence-corrected chi connectivity index (χ4v) is 3.13. The molecular formula is C19H23N5. The predicted octanol–water partition coefficient (Wildman–Crippen LogP) is 2.24. The second kappa shape index (κ2) is 7.91. The first kappa shape index (κ1) is 16.4. The highest BCUT2D eigenvalue weighted by Gasteiger charge is 2.15. The van der Waals surface area contributed by atoms with E-state index in [-0.39, 0.29) is 0 Å². The van der Waals surface area contributed by atoms with Crippen molar-refractivity contribution in [3.05, 3.63) is 59.3 Å². The van der Waals surface area contributed by atoms with Crippen molar-refractivity contribution in [2.45, 2.75) is 19.5 Å². The van der Waals surface area contributed by atoms with Crippen LogP contribution in [0.25, 0.3) is 0 Å². The number of benzene rings is 1. The van der Waals surface area contributed by atoms with Gasteiger partial charge in [0.15, 0.2) is 0 Å². The third kappa shape index (κ3) is 4.54. The summed E-state index contributed by atoms with van der Waals surface area (Å²) in [5, 5.41) is 8.88. The number of nitriles is 1. The van der Waals surface area contributed by atoms with Gasteiger partial charge >= 0.3 is 0 Å². The third-order valence-corrected chi connectivity index (χ3v) is 4.42. The van der Waals surface area contributed by atoms with E-state index in [1.54, 1.807) is 6.20 Å². The highest BCUT2D eigenvalue weighted by molar-refractivity contribution is 5.32. The first-order valence-electron chi connectivity index (χ1n) is 8.37. The number of aromatic nitrogens is 1. The zero-order valence-corrected chi connectivity index (χ0v) is 13.9. The van der Waals surface area contributed by atoms with Crippen LogP contribution in [0.3, 0.4) is 0 Å². The number of anilines is 1. The molecule has 0 amide bonds. The normalized spacial score (nSPS) is 16.5. The van der Waals surface area contributed by atoms with Gasteiger partial charge in [0.1, 0.15) is 5.82 Å². The van der Waals surface area contributed by atoms with Gasteiger partial charge in [0.2, 0.25) is 0 Å². The number of pyridine rings is 1. The van der Waals surface area contributed by atoms with Gasteiger partial charge in [-0.2, -0.15) is 5.26 Å². The van der Waals surface area contributed by atoms with Gasteiger partial charge in [0.05, 0.1) is 11.6 Å². The van der Waals surface area contributed by atoms with Crippen molar-refractivity contribution in [1.29, 1.82) is 5.26 Å². The Morgan fingerprint density at radius 1 is 0.958 bits per heavy atom. The molecule has 3 rings (SSSR count). The topological polar surface area (TPSA) is 69.2 Å². The molecule has 1 aliphatic heterocycles. The molecule has 2 heterocycles. The average molecular weight is 321 g/mol. The van der Waals surface area contributed by atoms with E-state index in [1.165, 1.54) is 11.1 Å². The fraction of sp³-hybridized carbons (Fsp3) is 0.368. The average Bonchev–Trinajstić information content (AvgIpc) is 2.81. The van der Waals surface area contributed by atoms with E-state index in [9.17, 15) is 0 Å². The molecule has 0 radical (unpaired) electrons. The molecule has 1 aliphatic rings. The van der Waals surface area contributed by atoms with Gasteiger partial charge < -0.3 is 5.73 Å². The second-order valence-corrected chi connectivity index (χ2v) is 6.30. The van der Waals surface area contributed by atoms with Gasteiger partial charge in [-0.1, -0.05) is 12.1 Å². The minimum absolute atomic E-state index is 0.588. The van der Waals surface area contributed by atoms with Gasteiger partial charge in [0, 0.05) is 32.4 Å². The number of nitrogen functional groups attached to an aromatic ring is 1. The highest BCUT2D eigenvalue weighted by Crippen LogP contribution is 2.13. The van der Waals surface area contributed by atoms with Crippen molar-refractivity contribution >= 4 is 5.82 Å². The molecular weight excluding hydrogens is 298 g/mol. The summed E-state index contributed by atoms with van der Waals surface area (Å²) in [7, 11) is 0. The van der Waals surface area contributed by atoms with Gasteiger partial charge in [-0.25, -0.2) is 4.98 Å². The molecule has 0 unspecified atom stereocenters. The lowest BCUT2D eigenvalue weighted by atomic mass is 10.1. The van der Waals surface area contributed by atoms with Crippen LogP contribution in [0.2, 0.25) is 0 Å². The Morgan fingerprint density at radius 2 is 1.62 bits per heavy atom. The van der Waals surface area contributed by atoms with Crippen LogP contribution in [-0.4, -0.2) is 41.0 Å². The van der Waals surface area contributed by atoms with Crippen LogP contribution in [0.5, 0.6) is 0 Å². The molecule has 0 bridgehead atoms. The van der Waals surface area contributed by atoms with Gasteiger partial charge in [0.25, 0.3) is 0 Å². The smallest absolute Gasteiger partial charge is 0.123 e. The van der Waals surface area contributed by atoms with E-state index in [0.29, 0.717) is 5.82 Å². The molecule has 0 spiro atoms. The van der Waals surface area contributed by atoms with E-state index >= 15 is 0 Å². The van der Waals surface area contributed by atoms with Crippen LogP contribution in [0.4, 0.5) is 5.82 Å². The van der Waals surface area contributed by atoms with E-state index in [1.807, 2.05) is 24.3 Å². The second-order valence-electron chi connectivity index (χ2n) is 6.30. The zero-order chi connectivity index (χ0) is 16.8. The van der Waals surface area contributed by atoms with Gasteiger partial charge in [-0.15, -0.1) is 0 Å². The quantitative estimate of drug-likeness (QED) is 0.935. The minimum atomic E-state index is 0.588. The summed E-state index contributed by atoms with van der Waals surface area (Å²) in [6.07, 6.45) is 2.94. The Balaban J connectivity index is 1.53. The molecule has 2 aromatic rings. The highest BCUT2D eigenvalue weighted by atomic mass is 15.2. The Morgan fingerprint density at radius 3 is 2.25 bits per heavy atom. The van der Waals surface area contributed by atoms with Crippen LogP contribution >= 0.6 is 0 Å². The van der Waals surface area contributed by atoms with E-state index in [0.717, 1.165) is 51.3 Å². The molecule has 1 saturated heterocycles. The SMILES string of the molecule is N#Cc1ccc(CN2CCCN(Cc3ccnc(N)c3)CC2)cc1. The maximum Gasteiger partial charge on any atom is 0.123 e. The lowest BCUT2D eigenvalue weighted by Gasteiger charge is -2.22. The van der Waals surface area contributed by atoms with Crippen molar-refractivity contribution in [3.63, 3.8) is 0 Å². The monoisotopic (exact) mass is 321 g/mol. The number of hydrogen-bond acceptors (Lipinski definition) is 5. The fourth-order valence-electron chi connectivity index (χ4n) is 3.13. The number of nitrogens with two attached hydrogens (primary N) is 1. The molecule has 0 saturated carbocycles. The van der Waals surface area contributed by atoms with Crippen molar-refractivity contribution in [1.82, 2.24) is 14.8 Å². The van der Waals surface area contributed by atoms with E-state index in [2.05, 4.69) is 33.0 Å². The summed E-state index contributed by atoms with van der Waals surface area (Å²) < 4.78 is 0. The molecule has 5 heteroatoms. The van der Waals surface area contributed by atoms with Crippen LogP contribution in [0.1, 0.15) is 23.1 Å².